The third-order valence-electron chi connectivity index (χ3n) is 3.66. The first-order chi connectivity index (χ1) is 10.8. The lowest BCUT2D eigenvalue weighted by atomic mass is 9.96. The highest BCUT2D eigenvalue weighted by Gasteiger charge is 2.21. The van der Waals surface area contributed by atoms with Crippen molar-refractivity contribution in [2.45, 2.75) is 40.5 Å². The summed E-state index contributed by atoms with van der Waals surface area (Å²) in [5, 5.41) is 6.18. The minimum atomic E-state index is -0.357. The van der Waals surface area contributed by atoms with Gasteiger partial charge in [0, 0.05) is 38.7 Å². The Morgan fingerprint density at radius 1 is 1.30 bits per heavy atom. The van der Waals surface area contributed by atoms with Crippen LogP contribution in [0.2, 0.25) is 0 Å². The Morgan fingerprint density at radius 2 is 2.00 bits per heavy atom. The molecule has 0 bridgehead atoms. The Kier molecular flexibility index (Phi) is 8.37. The minimum Gasteiger partial charge on any atom is -0.379 e. The van der Waals surface area contributed by atoms with Gasteiger partial charge in [0.1, 0.15) is 0 Å². The molecule has 1 rings (SSSR count). The summed E-state index contributed by atoms with van der Waals surface area (Å²) in [6.45, 7) is 12.1. The zero-order valence-corrected chi connectivity index (χ0v) is 15.4. The molecule has 0 aromatic rings. The quantitative estimate of drug-likeness (QED) is 0.383. The number of likely N-dealkylation sites (N-methyl/N-ethyl adjacent to an activating group) is 1. The van der Waals surface area contributed by atoms with E-state index in [1.807, 2.05) is 34.7 Å². The number of rotatable bonds is 9. The molecule has 23 heavy (non-hydrogen) atoms. The molecule has 0 aromatic heterocycles. The average molecular weight is 326 g/mol. The lowest BCUT2D eigenvalue weighted by Gasteiger charge is -2.22. The molecule has 0 aliphatic heterocycles. The van der Waals surface area contributed by atoms with Crippen molar-refractivity contribution in [3.63, 3.8) is 0 Å². The largest absolute Gasteiger partial charge is 0.379 e. The maximum Gasteiger partial charge on any atom is 0.225 e. The van der Waals surface area contributed by atoms with Crippen LogP contribution in [-0.4, -0.2) is 63.2 Å². The van der Waals surface area contributed by atoms with Crippen molar-refractivity contribution in [2.75, 3.05) is 46.4 Å². The number of hydrogen-bond donors (Lipinski definition) is 2. The van der Waals surface area contributed by atoms with Gasteiger partial charge in [-0.05, 0) is 25.7 Å². The van der Waals surface area contributed by atoms with Crippen molar-refractivity contribution in [1.82, 2.24) is 15.5 Å². The van der Waals surface area contributed by atoms with Crippen molar-refractivity contribution in [3.05, 3.63) is 0 Å². The average Bonchev–Trinajstić information content (AvgIpc) is 3.29. The Hall–Kier alpha value is -1.30. The van der Waals surface area contributed by atoms with Gasteiger partial charge in [-0.1, -0.05) is 20.8 Å². The third kappa shape index (κ3) is 8.79. The number of nitrogens with zero attached hydrogens (tertiary/aromatic N) is 2. The molecule has 0 spiro atoms. The maximum absolute atomic E-state index is 11.8. The van der Waals surface area contributed by atoms with Gasteiger partial charge in [-0.3, -0.25) is 9.79 Å². The van der Waals surface area contributed by atoms with E-state index in [0.29, 0.717) is 13.1 Å². The van der Waals surface area contributed by atoms with Crippen LogP contribution >= 0.6 is 0 Å². The van der Waals surface area contributed by atoms with Crippen LogP contribution in [-0.2, 0) is 9.53 Å². The van der Waals surface area contributed by atoms with Crippen molar-refractivity contribution >= 4 is 11.9 Å². The second-order valence-corrected chi connectivity index (χ2v) is 7.18. The van der Waals surface area contributed by atoms with Crippen LogP contribution in [0.3, 0.4) is 0 Å². The number of aliphatic imine (C=N–C) groups is 1. The molecular weight excluding hydrogens is 292 g/mol. The van der Waals surface area contributed by atoms with Crippen molar-refractivity contribution in [3.8, 4) is 0 Å². The van der Waals surface area contributed by atoms with Gasteiger partial charge in [0.2, 0.25) is 5.91 Å². The van der Waals surface area contributed by atoms with Gasteiger partial charge in [0.15, 0.2) is 5.96 Å². The second kappa shape index (κ2) is 9.75. The molecule has 134 valence electrons. The molecule has 1 amide bonds. The van der Waals surface area contributed by atoms with Gasteiger partial charge in [-0.15, -0.1) is 0 Å². The summed E-state index contributed by atoms with van der Waals surface area (Å²) >= 11 is 0. The molecule has 0 aromatic carbocycles. The molecule has 6 nitrogen and oxygen atoms in total. The fraction of sp³-hybridized carbons (Fsp3) is 0.882. The number of carbonyl (C=O) groups is 1. The van der Waals surface area contributed by atoms with Crippen LogP contribution in [0.5, 0.6) is 0 Å². The second-order valence-electron chi connectivity index (χ2n) is 7.18. The van der Waals surface area contributed by atoms with E-state index >= 15 is 0 Å². The summed E-state index contributed by atoms with van der Waals surface area (Å²) in [5.74, 6) is 1.71. The highest BCUT2D eigenvalue weighted by Crippen LogP contribution is 2.28. The van der Waals surface area contributed by atoms with E-state index in [2.05, 4.69) is 20.5 Å². The molecule has 6 heteroatoms. The molecular formula is C17H34N4O2. The van der Waals surface area contributed by atoms with E-state index < -0.39 is 0 Å². The number of nitrogens with one attached hydrogen (secondary N) is 2. The Labute approximate surface area is 141 Å². The van der Waals surface area contributed by atoms with Crippen molar-refractivity contribution in [2.24, 2.45) is 16.3 Å². The normalized spacial score (nSPS) is 15.4. The van der Waals surface area contributed by atoms with Crippen molar-refractivity contribution in [1.29, 1.82) is 0 Å². The number of guanidine groups is 1. The summed E-state index contributed by atoms with van der Waals surface area (Å²) in [7, 11) is 2.01. The zero-order chi connectivity index (χ0) is 17.3. The molecule has 0 heterocycles. The fourth-order valence-corrected chi connectivity index (χ4v) is 1.91. The zero-order valence-electron chi connectivity index (χ0n) is 15.4. The maximum atomic E-state index is 11.8. The van der Waals surface area contributed by atoms with E-state index in [0.717, 1.165) is 38.2 Å². The molecule has 0 saturated heterocycles. The van der Waals surface area contributed by atoms with Gasteiger partial charge in [0.05, 0.1) is 13.2 Å². The summed E-state index contributed by atoms with van der Waals surface area (Å²) in [4.78, 5) is 18.4. The molecule has 2 N–H and O–H groups in total. The Balaban J connectivity index is 2.28. The fourth-order valence-electron chi connectivity index (χ4n) is 1.91. The van der Waals surface area contributed by atoms with Crippen LogP contribution in [0.15, 0.2) is 4.99 Å². The first kappa shape index (κ1) is 19.7. The predicted octanol–water partition coefficient (Wildman–Crippen LogP) is 1.47. The van der Waals surface area contributed by atoms with Crippen LogP contribution in [0.25, 0.3) is 0 Å². The molecule has 1 aliphatic rings. The summed E-state index contributed by atoms with van der Waals surface area (Å²) in [6.07, 6.45) is 2.64. The lowest BCUT2D eigenvalue weighted by molar-refractivity contribution is -0.128. The molecule has 0 unspecified atom stereocenters. The molecule has 1 aliphatic carbocycles. The Morgan fingerprint density at radius 3 is 2.57 bits per heavy atom. The number of hydrogen-bond acceptors (Lipinski definition) is 3. The van der Waals surface area contributed by atoms with E-state index in [9.17, 15) is 4.79 Å². The summed E-state index contributed by atoms with van der Waals surface area (Å²) in [5.41, 5.74) is -0.357. The van der Waals surface area contributed by atoms with Crippen LogP contribution < -0.4 is 10.6 Å². The lowest BCUT2D eigenvalue weighted by Crippen LogP contribution is -2.41. The van der Waals surface area contributed by atoms with Crippen LogP contribution in [0.4, 0.5) is 0 Å². The van der Waals surface area contributed by atoms with E-state index in [1.54, 1.807) is 0 Å². The smallest absolute Gasteiger partial charge is 0.225 e. The predicted molar refractivity (Wildman–Crippen MR) is 94.6 cm³/mol. The highest BCUT2D eigenvalue weighted by molar-refractivity contribution is 5.81. The van der Waals surface area contributed by atoms with E-state index in [1.165, 1.54) is 12.8 Å². The van der Waals surface area contributed by atoms with Gasteiger partial charge < -0.3 is 20.3 Å². The number of ether oxygens (including phenoxy) is 1. The summed E-state index contributed by atoms with van der Waals surface area (Å²) in [6, 6.07) is 0. The Bertz CT molecular complexity index is 387. The van der Waals surface area contributed by atoms with Crippen molar-refractivity contribution < 1.29 is 9.53 Å². The number of amides is 1. The van der Waals surface area contributed by atoms with E-state index in [4.69, 9.17) is 4.74 Å². The molecule has 1 saturated carbocycles. The molecule has 0 radical (unpaired) electrons. The van der Waals surface area contributed by atoms with Gasteiger partial charge in [-0.2, -0.15) is 0 Å². The number of carbonyl (C=O) groups excluding carboxylic acids is 1. The first-order valence-corrected chi connectivity index (χ1v) is 8.70. The van der Waals surface area contributed by atoms with E-state index in [-0.39, 0.29) is 11.3 Å². The molecule has 0 atom stereocenters. The first-order valence-electron chi connectivity index (χ1n) is 8.70. The van der Waals surface area contributed by atoms with Gasteiger partial charge in [0.25, 0.3) is 0 Å². The van der Waals surface area contributed by atoms with Gasteiger partial charge >= 0.3 is 0 Å². The third-order valence-corrected chi connectivity index (χ3v) is 3.66. The van der Waals surface area contributed by atoms with Crippen LogP contribution in [0, 0.1) is 11.3 Å². The monoisotopic (exact) mass is 326 g/mol. The molecule has 1 fully saturated rings. The van der Waals surface area contributed by atoms with Crippen LogP contribution in [0.1, 0.15) is 40.5 Å². The van der Waals surface area contributed by atoms with Gasteiger partial charge in [-0.25, -0.2) is 0 Å². The summed E-state index contributed by atoms with van der Waals surface area (Å²) < 4.78 is 5.67. The minimum absolute atomic E-state index is 0.0551. The standard InChI is InChI=1S/C17H34N4O2/c1-6-18-16(20-10-9-19-15(22)17(2,3)4)21(5)11-12-23-13-14-7-8-14/h14H,6-13H2,1-5H3,(H,18,20)(H,19,22). The highest BCUT2D eigenvalue weighted by atomic mass is 16.5. The topological polar surface area (TPSA) is 66.0 Å². The SMILES string of the molecule is CCNC(=NCCNC(=O)C(C)(C)C)N(C)CCOCC1CC1.